The zero-order chi connectivity index (χ0) is 16.0. The maximum Gasteiger partial charge on any atom is 0.303 e. The summed E-state index contributed by atoms with van der Waals surface area (Å²) in [4.78, 5) is 32.6. The molecule has 0 spiro atoms. The summed E-state index contributed by atoms with van der Waals surface area (Å²) >= 11 is 3.18. The molecule has 1 aromatic carbocycles. The number of amides is 1. The lowest BCUT2D eigenvalue weighted by Gasteiger charge is -2.14. The predicted octanol–water partition coefficient (Wildman–Crippen LogP) is 2.73. The topological polar surface area (TPSA) is 110 Å². The molecule has 114 valence electrons. The van der Waals surface area contributed by atoms with Gasteiger partial charge in [0.15, 0.2) is 0 Å². The number of carboxylic acids is 1. The van der Waals surface area contributed by atoms with Gasteiger partial charge >= 0.3 is 5.97 Å². The van der Waals surface area contributed by atoms with Gasteiger partial charge in [-0.05, 0) is 41.8 Å². The molecular weight excluding hydrogens is 344 g/mol. The highest BCUT2D eigenvalue weighted by Gasteiger charge is 2.17. The van der Waals surface area contributed by atoms with Crippen LogP contribution >= 0.6 is 15.9 Å². The first-order chi connectivity index (χ1) is 9.81. The fourth-order valence-electron chi connectivity index (χ4n) is 1.73. The molecule has 0 heterocycles. The average molecular weight is 359 g/mol. The summed E-state index contributed by atoms with van der Waals surface area (Å²) in [5, 5.41) is 22.0. The fraction of sp³-hybridized carbons (Fsp3) is 0.385. The Balaban J connectivity index is 2.68. The van der Waals surface area contributed by atoms with Crippen LogP contribution in [-0.4, -0.2) is 27.9 Å². The van der Waals surface area contributed by atoms with E-state index in [1.165, 1.54) is 18.2 Å². The summed E-state index contributed by atoms with van der Waals surface area (Å²) < 4.78 is 0.461. The van der Waals surface area contributed by atoms with Gasteiger partial charge in [0.05, 0.1) is 10.5 Å². The Morgan fingerprint density at radius 3 is 2.71 bits per heavy atom. The van der Waals surface area contributed by atoms with Crippen LogP contribution < -0.4 is 5.32 Å². The number of hydrogen-bond donors (Lipinski definition) is 2. The molecule has 1 rings (SSSR count). The van der Waals surface area contributed by atoms with Crippen LogP contribution in [0.1, 0.15) is 36.5 Å². The SMILES string of the molecule is CC(CCCC(=O)O)NC(=O)c1cc([N+](=O)[O-])ccc1Br. The van der Waals surface area contributed by atoms with Crippen molar-refractivity contribution in [1.29, 1.82) is 0 Å². The molecular formula is C13H15BrN2O5. The van der Waals surface area contributed by atoms with E-state index in [0.29, 0.717) is 17.3 Å². The standard InChI is InChI=1S/C13H15BrN2O5/c1-8(3-2-4-12(17)18)15-13(19)10-7-9(16(20)21)5-6-11(10)14/h5-8H,2-4H2,1H3,(H,15,19)(H,17,18). The van der Waals surface area contributed by atoms with Gasteiger partial charge < -0.3 is 10.4 Å². The first-order valence-electron chi connectivity index (χ1n) is 6.28. The lowest BCUT2D eigenvalue weighted by molar-refractivity contribution is -0.384. The van der Waals surface area contributed by atoms with Crippen LogP contribution in [0.25, 0.3) is 0 Å². The van der Waals surface area contributed by atoms with E-state index in [-0.39, 0.29) is 23.7 Å². The number of carbonyl (C=O) groups excluding carboxylic acids is 1. The van der Waals surface area contributed by atoms with Crippen molar-refractivity contribution in [2.24, 2.45) is 0 Å². The summed E-state index contributed by atoms with van der Waals surface area (Å²) in [6.07, 6.45) is 1.01. The number of nitro groups is 1. The minimum Gasteiger partial charge on any atom is -0.481 e. The van der Waals surface area contributed by atoms with Crippen LogP contribution in [0.5, 0.6) is 0 Å². The summed E-state index contributed by atoms with van der Waals surface area (Å²) in [6, 6.07) is 3.73. The molecule has 0 aliphatic heterocycles. The number of rotatable bonds is 7. The maximum absolute atomic E-state index is 12.1. The van der Waals surface area contributed by atoms with Gasteiger partial charge in [0, 0.05) is 29.1 Å². The number of carbonyl (C=O) groups is 2. The van der Waals surface area contributed by atoms with Crippen LogP contribution in [0.15, 0.2) is 22.7 Å². The number of carboxylic acid groups (broad SMARTS) is 1. The van der Waals surface area contributed by atoms with Gasteiger partial charge in [-0.25, -0.2) is 0 Å². The van der Waals surface area contributed by atoms with Gasteiger partial charge in [0.25, 0.3) is 11.6 Å². The Bertz CT molecular complexity index is 561. The molecule has 0 saturated heterocycles. The largest absolute Gasteiger partial charge is 0.481 e. The highest BCUT2D eigenvalue weighted by Crippen LogP contribution is 2.22. The molecule has 0 bridgehead atoms. The number of nitro benzene ring substituents is 1. The van der Waals surface area contributed by atoms with Crippen LogP contribution in [0, 0.1) is 10.1 Å². The molecule has 0 aliphatic carbocycles. The second-order valence-corrected chi connectivity index (χ2v) is 5.44. The van der Waals surface area contributed by atoms with Crippen molar-refractivity contribution in [1.82, 2.24) is 5.32 Å². The quantitative estimate of drug-likeness (QED) is 0.575. The molecule has 2 N–H and O–H groups in total. The third-order valence-corrected chi connectivity index (χ3v) is 3.50. The zero-order valence-corrected chi connectivity index (χ0v) is 12.9. The van der Waals surface area contributed by atoms with Gasteiger partial charge in [-0.2, -0.15) is 0 Å². The van der Waals surface area contributed by atoms with Gasteiger partial charge in [0.1, 0.15) is 0 Å². The molecule has 0 saturated carbocycles. The number of nitrogens with zero attached hydrogens (tertiary/aromatic N) is 1. The van der Waals surface area contributed by atoms with Crippen molar-refractivity contribution in [2.75, 3.05) is 0 Å². The van der Waals surface area contributed by atoms with Gasteiger partial charge in [-0.1, -0.05) is 0 Å². The third kappa shape index (κ3) is 5.50. The van der Waals surface area contributed by atoms with Crippen molar-refractivity contribution in [3.8, 4) is 0 Å². The van der Waals surface area contributed by atoms with Crippen LogP contribution in [0.2, 0.25) is 0 Å². The average Bonchev–Trinajstić information content (AvgIpc) is 2.38. The van der Waals surface area contributed by atoms with Crippen molar-refractivity contribution < 1.29 is 19.6 Å². The molecule has 0 aliphatic rings. The van der Waals surface area contributed by atoms with Crippen molar-refractivity contribution >= 4 is 33.5 Å². The lowest BCUT2D eigenvalue weighted by atomic mass is 10.1. The second-order valence-electron chi connectivity index (χ2n) is 4.58. The monoisotopic (exact) mass is 358 g/mol. The van der Waals surface area contributed by atoms with Gasteiger partial charge in [0.2, 0.25) is 0 Å². The summed E-state index contributed by atoms with van der Waals surface area (Å²) in [5.41, 5.74) is 0.0103. The van der Waals surface area contributed by atoms with Gasteiger partial charge in [-0.3, -0.25) is 19.7 Å². The highest BCUT2D eigenvalue weighted by atomic mass is 79.9. The molecule has 1 aromatic rings. The Morgan fingerprint density at radius 2 is 2.14 bits per heavy atom. The minimum atomic E-state index is -0.880. The van der Waals surface area contributed by atoms with E-state index < -0.39 is 16.8 Å². The minimum absolute atomic E-state index is 0.0424. The lowest BCUT2D eigenvalue weighted by Crippen LogP contribution is -2.32. The highest BCUT2D eigenvalue weighted by molar-refractivity contribution is 9.10. The van der Waals surface area contributed by atoms with E-state index >= 15 is 0 Å². The first kappa shape index (κ1) is 17.1. The number of non-ortho nitro benzene ring substituents is 1. The molecule has 8 heteroatoms. The molecule has 1 amide bonds. The van der Waals surface area contributed by atoms with Crippen molar-refractivity contribution in [3.05, 3.63) is 38.3 Å². The number of halogens is 1. The first-order valence-corrected chi connectivity index (χ1v) is 7.07. The summed E-state index contributed by atoms with van der Waals surface area (Å²) in [7, 11) is 0. The molecule has 1 atom stereocenters. The molecule has 0 radical (unpaired) electrons. The summed E-state index contributed by atoms with van der Waals surface area (Å²) in [6.45, 7) is 1.75. The number of hydrogen-bond acceptors (Lipinski definition) is 4. The Kier molecular flexibility index (Phi) is 6.29. The van der Waals surface area contributed by atoms with Crippen LogP contribution in [0.3, 0.4) is 0 Å². The Hall–Kier alpha value is -1.96. The number of nitrogens with one attached hydrogen (secondary N) is 1. The molecule has 21 heavy (non-hydrogen) atoms. The van der Waals surface area contributed by atoms with E-state index in [1.807, 2.05) is 0 Å². The maximum atomic E-state index is 12.1. The zero-order valence-electron chi connectivity index (χ0n) is 11.3. The summed E-state index contributed by atoms with van der Waals surface area (Å²) in [5.74, 6) is -1.32. The van der Waals surface area contributed by atoms with E-state index in [1.54, 1.807) is 6.92 Å². The van der Waals surface area contributed by atoms with Crippen LogP contribution in [0.4, 0.5) is 5.69 Å². The molecule has 7 nitrogen and oxygen atoms in total. The number of benzene rings is 1. The normalized spacial score (nSPS) is 11.7. The fourth-order valence-corrected chi connectivity index (χ4v) is 2.16. The Morgan fingerprint density at radius 1 is 1.48 bits per heavy atom. The van der Waals surface area contributed by atoms with E-state index in [4.69, 9.17) is 5.11 Å². The van der Waals surface area contributed by atoms with Crippen molar-refractivity contribution in [3.63, 3.8) is 0 Å². The van der Waals surface area contributed by atoms with E-state index in [9.17, 15) is 19.7 Å². The smallest absolute Gasteiger partial charge is 0.303 e. The predicted molar refractivity (Wildman–Crippen MR) is 79.2 cm³/mol. The van der Waals surface area contributed by atoms with E-state index in [2.05, 4.69) is 21.2 Å². The Labute approximate surface area is 129 Å². The van der Waals surface area contributed by atoms with Gasteiger partial charge in [-0.15, -0.1) is 0 Å². The van der Waals surface area contributed by atoms with Crippen LogP contribution in [-0.2, 0) is 4.79 Å². The third-order valence-electron chi connectivity index (χ3n) is 2.81. The van der Waals surface area contributed by atoms with Crippen molar-refractivity contribution in [2.45, 2.75) is 32.2 Å². The molecule has 0 aromatic heterocycles. The number of aliphatic carboxylic acids is 1. The molecule has 1 unspecified atom stereocenters. The molecule has 0 fully saturated rings. The second kappa shape index (κ2) is 7.72. The van der Waals surface area contributed by atoms with E-state index in [0.717, 1.165) is 0 Å².